The highest BCUT2D eigenvalue weighted by Crippen LogP contribution is 2.20. The third-order valence-electron chi connectivity index (χ3n) is 3.32. The Morgan fingerprint density at radius 3 is 2.29 bits per heavy atom. The topological polar surface area (TPSA) is 75.4 Å². The van der Waals surface area contributed by atoms with Crippen LogP contribution in [0.1, 0.15) is 32.4 Å². The average Bonchev–Trinajstić information content (AvgIpc) is 2.44. The largest absolute Gasteiger partial charge is 0.352 e. The molecule has 0 saturated carbocycles. The second kappa shape index (κ2) is 7.78. The van der Waals surface area contributed by atoms with Crippen LogP contribution >= 0.6 is 0 Å². The van der Waals surface area contributed by atoms with Crippen molar-refractivity contribution in [1.82, 2.24) is 10.2 Å². The highest BCUT2D eigenvalue weighted by molar-refractivity contribution is 5.86. The molecule has 0 radical (unpaired) electrons. The standard InChI is InChI=1S/C16H25N3O2/c1-11(2)18-14(20)10-19(4)16(21)12(3)15(17)13-8-6-5-7-9-13/h5-9,11-12,15H,10,17H2,1-4H3,(H,18,20). The summed E-state index contributed by atoms with van der Waals surface area (Å²) in [4.78, 5) is 25.5. The van der Waals surface area contributed by atoms with Crippen LogP contribution in [0.4, 0.5) is 0 Å². The number of carbonyl (C=O) groups excluding carboxylic acids is 2. The summed E-state index contributed by atoms with van der Waals surface area (Å²) in [5, 5.41) is 2.76. The molecule has 0 bridgehead atoms. The second-order valence-electron chi connectivity index (χ2n) is 5.64. The maximum absolute atomic E-state index is 12.3. The number of likely N-dealkylation sites (N-methyl/N-ethyl adjacent to an activating group) is 1. The van der Waals surface area contributed by atoms with E-state index in [9.17, 15) is 9.59 Å². The number of hydrogen-bond donors (Lipinski definition) is 2. The summed E-state index contributed by atoms with van der Waals surface area (Å²) in [5.41, 5.74) is 7.06. The van der Waals surface area contributed by atoms with Crippen molar-refractivity contribution in [3.63, 3.8) is 0 Å². The molecule has 0 aromatic heterocycles. The molecule has 1 aromatic rings. The van der Waals surface area contributed by atoms with E-state index in [1.165, 1.54) is 4.90 Å². The number of hydrogen-bond acceptors (Lipinski definition) is 3. The minimum absolute atomic E-state index is 0.0445. The van der Waals surface area contributed by atoms with E-state index in [2.05, 4.69) is 5.32 Å². The number of nitrogens with one attached hydrogen (secondary N) is 1. The van der Waals surface area contributed by atoms with Gasteiger partial charge in [-0.05, 0) is 19.4 Å². The van der Waals surface area contributed by atoms with Gasteiger partial charge in [-0.1, -0.05) is 37.3 Å². The van der Waals surface area contributed by atoms with E-state index in [-0.39, 0.29) is 36.4 Å². The number of amides is 2. The first-order valence-electron chi connectivity index (χ1n) is 7.17. The van der Waals surface area contributed by atoms with Gasteiger partial charge >= 0.3 is 0 Å². The number of carbonyl (C=O) groups is 2. The lowest BCUT2D eigenvalue weighted by molar-refractivity contribution is -0.138. The zero-order valence-corrected chi connectivity index (χ0v) is 13.2. The molecule has 2 atom stereocenters. The first kappa shape index (κ1) is 17.2. The quantitative estimate of drug-likeness (QED) is 0.829. The van der Waals surface area contributed by atoms with E-state index in [4.69, 9.17) is 5.73 Å². The Kier molecular flexibility index (Phi) is 6.37. The lowest BCUT2D eigenvalue weighted by Crippen LogP contribution is -2.44. The lowest BCUT2D eigenvalue weighted by atomic mass is 9.94. The summed E-state index contributed by atoms with van der Waals surface area (Å²) in [5.74, 6) is -0.684. The molecular weight excluding hydrogens is 266 g/mol. The Morgan fingerprint density at radius 2 is 1.76 bits per heavy atom. The molecule has 0 aliphatic carbocycles. The van der Waals surface area contributed by atoms with Crippen molar-refractivity contribution >= 4 is 11.8 Å². The van der Waals surface area contributed by atoms with Gasteiger partial charge in [-0.25, -0.2) is 0 Å². The summed E-state index contributed by atoms with van der Waals surface area (Å²) in [6.07, 6.45) is 0. The normalized spacial score (nSPS) is 13.6. The minimum atomic E-state index is -0.385. The van der Waals surface area contributed by atoms with E-state index < -0.39 is 0 Å². The second-order valence-corrected chi connectivity index (χ2v) is 5.64. The maximum Gasteiger partial charge on any atom is 0.239 e. The van der Waals surface area contributed by atoms with Crippen LogP contribution in [0.3, 0.4) is 0 Å². The minimum Gasteiger partial charge on any atom is -0.352 e. The van der Waals surface area contributed by atoms with Crippen molar-refractivity contribution < 1.29 is 9.59 Å². The van der Waals surface area contributed by atoms with Crippen LogP contribution in [0.5, 0.6) is 0 Å². The van der Waals surface area contributed by atoms with E-state index in [0.29, 0.717) is 0 Å². The van der Waals surface area contributed by atoms with Crippen molar-refractivity contribution in [2.24, 2.45) is 11.7 Å². The fourth-order valence-electron chi connectivity index (χ4n) is 2.13. The Bertz CT molecular complexity index is 474. The molecule has 1 aromatic carbocycles. The Labute approximate surface area is 126 Å². The van der Waals surface area contributed by atoms with Crippen molar-refractivity contribution in [2.45, 2.75) is 32.9 Å². The first-order valence-corrected chi connectivity index (χ1v) is 7.17. The van der Waals surface area contributed by atoms with Crippen LogP contribution in [0.2, 0.25) is 0 Å². The van der Waals surface area contributed by atoms with E-state index >= 15 is 0 Å². The SMILES string of the molecule is CC(C)NC(=O)CN(C)C(=O)C(C)C(N)c1ccccc1. The number of nitrogens with two attached hydrogens (primary N) is 1. The zero-order valence-electron chi connectivity index (χ0n) is 13.2. The summed E-state index contributed by atoms with van der Waals surface area (Å²) < 4.78 is 0. The highest BCUT2D eigenvalue weighted by Gasteiger charge is 2.25. The van der Waals surface area contributed by atoms with Gasteiger partial charge in [-0.2, -0.15) is 0 Å². The monoisotopic (exact) mass is 291 g/mol. The molecule has 0 saturated heterocycles. The van der Waals surface area contributed by atoms with E-state index in [0.717, 1.165) is 5.56 Å². The van der Waals surface area contributed by atoms with Crippen LogP contribution in [0.25, 0.3) is 0 Å². The number of rotatable bonds is 6. The van der Waals surface area contributed by atoms with Gasteiger partial charge in [0, 0.05) is 19.1 Å². The van der Waals surface area contributed by atoms with Gasteiger partial charge < -0.3 is 16.0 Å². The molecule has 2 unspecified atom stereocenters. The Hall–Kier alpha value is -1.88. The van der Waals surface area contributed by atoms with Crippen LogP contribution in [0.15, 0.2) is 30.3 Å². The van der Waals surface area contributed by atoms with Crippen LogP contribution in [0, 0.1) is 5.92 Å². The molecule has 116 valence electrons. The smallest absolute Gasteiger partial charge is 0.239 e. The molecule has 3 N–H and O–H groups in total. The van der Waals surface area contributed by atoms with E-state index in [1.807, 2.05) is 44.2 Å². The third-order valence-corrected chi connectivity index (χ3v) is 3.32. The average molecular weight is 291 g/mol. The molecule has 0 fully saturated rings. The summed E-state index contributed by atoms with van der Waals surface area (Å²) >= 11 is 0. The van der Waals surface area contributed by atoms with E-state index in [1.54, 1.807) is 14.0 Å². The molecule has 0 spiro atoms. The molecule has 5 nitrogen and oxygen atoms in total. The summed E-state index contributed by atoms with van der Waals surface area (Å²) in [7, 11) is 1.62. The van der Waals surface area contributed by atoms with Gasteiger partial charge in [0.15, 0.2) is 0 Å². The molecule has 0 aliphatic heterocycles. The Balaban J connectivity index is 2.63. The number of benzene rings is 1. The molecule has 5 heteroatoms. The number of nitrogens with zero attached hydrogens (tertiary/aromatic N) is 1. The molecule has 1 rings (SSSR count). The van der Waals surface area contributed by atoms with Gasteiger partial charge in [0.25, 0.3) is 0 Å². The maximum atomic E-state index is 12.3. The molecule has 21 heavy (non-hydrogen) atoms. The van der Waals surface area contributed by atoms with Gasteiger partial charge in [0.2, 0.25) is 11.8 Å². The van der Waals surface area contributed by atoms with Crippen LogP contribution < -0.4 is 11.1 Å². The first-order chi connectivity index (χ1) is 9.82. The van der Waals surface area contributed by atoms with Crippen LogP contribution in [-0.2, 0) is 9.59 Å². The predicted molar refractivity (Wildman–Crippen MR) is 83.5 cm³/mol. The van der Waals surface area contributed by atoms with Crippen molar-refractivity contribution in [2.75, 3.05) is 13.6 Å². The highest BCUT2D eigenvalue weighted by atomic mass is 16.2. The van der Waals surface area contributed by atoms with Crippen molar-refractivity contribution in [1.29, 1.82) is 0 Å². The molecule has 0 aliphatic rings. The van der Waals surface area contributed by atoms with Gasteiger partial charge in [-0.15, -0.1) is 0 Å². The van der Waals surface area contributed by atoms with Gasteiger partial charge in [0.05, 0.1) is 12.5 Å². The molecule has 2 amide bonds. The van der Waals surface area contributed by atoms with Crippen LogP contribution in [-0.4, -0.2) is 36.3 Å². The van der Waals surface area contributed by atoms with Gasteiger partial charge in [0.1, 0.15) is 0 Å². The molecular formula is C16H25N3O2. The zero-order chi connectivity index (χ0) is 16.0. The third kappa shape index (κ3) is 5.19. The molecule has 0 heterocycles. The van der Waals surface area contributed by atoms with Gasteiger partial charge in [-0.3, -0.25) is 9.59 Å². The summed E-state index contributed by atoms with van der Waals surface area (Å²) in [6, 6.07) is 9.18. The predicted octanol–water partition coefficient (Wildman–Crippen LogP) is 1.31. The fraction of sp³-hybridized carbons (Fsp3) is 0.500. The van der Waals surface area contributed by atoms with Crippen molar-refractivity contribution in [3.8, 4) is 0 Å². The summed E-state index contributed by atoms with van der Waals surface area (Å²) in [6.45, 7) is 5.60. The van der Waals surface area contributed by atoms with Crippen molar-refractivity contribution in [3.05, 3.63) is 35.9 Å². The fourth-order valence-corrected chi connectivity index (χ4v) is 2.13. The lowest BCUT2D eigenvalue weighted by Gasteiger charge is -2.25. The Morgan fingerprint density at radius 1 is 1.19 bits per heavy atom.